The van der Waals surface area contributed by atoms with Gasteiger partial charge in [-0.2, -0.15) is 0 Å². The van der Waals surface area contributed by atoms with E-state index in [0.29, 0.717) is 4.83 Å². The molecule has 1 nitrogen and oxygen atoms in total. The monoisotopic (exact) mass is 404 g/mol. The van der Waals surface area contributed by atoms with Crippen LogP contribution >= 0.6 is 15.9 Å². The smallest absolute Gasteiger partial charge is 0.0556 e. The zero-order chi connectivity index (χ0) is 17.7. The second kappa shape index (κ2) is 21.5. The Kier molecular flexibility index (Phi) is 21.9. The molecule has 0 rings (SSSR count). The van der Waals surface area contributed by atoms with Crippen LogP contribution in [0.25, 0.3) is 0 Å². The van der Waals surface area contributed by atoms with Crippen LogP contribution in [0.4, 0.5) is 0 Å². The summed E-state index contributed by atoms with van der Waals surface area (Å²) in [5.41, 5.74) is 0. The molecule has 0 saturated heterocycles. The van der Waals surface area contributed by atoms with Crippen molar-refractivity contribution in [2.24, 2.45) is 0 Å². The Balaban J connectivity index is 2.98. The van der Waals surface area contributed by atoms with Gasteiger partial charge in [0.15, 0.2) is 0 Å². The third kappa shape index (κ3) is 20.5. The second-order valence-electron chi connectivity index (χ2n) is 7.58. The largest absolute Gasteiger partial charge is 0.395 e. The molecule has 0 aliphatic carbocycles. The van der Waals surface area contributed by atoms with E-state index in [1.54, 1.807) is 0 Å². The van der Waals surface area contributed by atoms with E-state index in [4.69, 9.17) is 5.11 Å². The predicted molar refractivity (Wildman–Crippen MR) is 113 cm³/mol. The number of hydrogen-bond acceptors (Lipinski definition) is 1. The van der Waals surface area contributed by atoms with Crippen LogP contribution in [0.5, 0.6) is 0 Å². The first kappa shape index (κ1) is 24.4. The van der Waals surface area contributed by atoms with Gasteiger partial charge >= 0.3 is 0 Å². The van der Waals surface area contributed by atoms with E-state index in [2.05, 4.69) is 22.9 Å². The predicted octanol–water partition coefficient (Wildman–Crippen LogP) is 8.17. The number of unbranched alkanes of at least 4 members (excludes halogenated alkanes) is 17. The van der Waals surface area contributed by atoms with Crippen LogP contribution in [0.1, 0.15) is 129 Å². The van der Waals surface area contributed by atoms with Gasteiger partial charge in [-0.25, -0.2) is 0 Å². The summed E-state index contributed by atoms with van der Waals surface area (Å²) in [4.78, 5) is 0.318. The van der Waals surface area contributed by atoms with E-state index < -0.39 is 0 Å². The Bertz CT molecular complexity index is 220. The number of aliphatic hydroxyl groups excluding tert-OH is 1. The Morgan fingerprint density at radius 1 is 0.542 bits per heavy atom. The minimum absolute atomic E-state index is 0.277. The topological polar surface area (TPSA) is 20.2 Å². The van der Waals surface area contributed by atoms with Crippen molar-refractivity contribution >= 4 is 15.9 Å². The zero-order valence-corrected chi connectivity index (χ0v) is 18.1. The Morgan fingerprint density at radius 3 is 1.12 bits per heavy atom. The molecule has 0 bridgehead atoms. The quantitative estimate of drug-likeness (QED) is 0.160. The molecule has 0 aromatic rings. The van der Waals surface area contributed by atoms with Crippen molar-refractivity contribution in [2.75, 3.05) is 6.61 Å². The first-order chi connectivity index (χ1) is 11.8. The molecule has 0 spiro atoms. The number of aliphatic hydroxyl groups is 1. The molecule has 1 N–H and O–H groups in total. The van der Waals surface area contributed by atoms with Gasteiger partial charge in [-0.15, -0.1) is 0 Å². The molecule has 0 heterocycles. The highest BCUT2D eigenvalue weighted by Gasteiger charge is 2.00. The first-order valence-corrected chi connectivity index (χ1v) is 12.0. The molecule has 2 heteroatoms. The lowest BCUT2D eigenvalue weighted by molar-refractivity contribution is 0.290. The van der Waals surface area contributed by atoms with Gasteiger partial charge in [0.25, 0.3) is 0 Å². The lowest BCUT2D eigenvalue weighted by Gasteiger charge is -2.05. The van der Waals surface area contributed by atoms with Crippen LogP contribution in [0.15, 0.2) is 0 Å². The van der Waals surface area contributed by atoms with Crippen molar-refractivity contribution in [3.8, 4) is 0 Å². The van der Waals surface area contributed by atoms with Gasteiger partial charge < -0.3 is 5.11 Å². The molecule has 146 valence electrons. The Labute approximate surface area is 161 Å². The molecular formula is C22H45BrO. The summed E-state index contributed by atoms with van der Waals surface area (Å²) < 4.78 is 0. The molecular weight excluding hydrogens is 360 g/mol. The van der Waals surface area contributed by atoms with E-state index in [-0.39, 0.29) is 6.61 Å². The maximum Gasteiger partial charge on any atom is 0.0556 e. The highest BCUT2D eigenvalue weighted by molar-refractivity contribution is 9.09. The van der Waals surface area contributed by atoms with Crippen molar-refractivity contribution in [2.45, 2.75) is 134 Å². The molecule has 1 atom stereocenters. The van der Waals surface area contributed by atoms with Gasteiger partial charge in [0.2, 0.25) is 0 Å². The van der Waals surface area contributed by atoms with Crippen LogP contribution in [-0.4, -0.2) is 16.5 Å². The van der Waals surface area contributed by atoms with E-state index >= 15 is 0 Å². The lowest BCUT2D eigenvalue weighted by atomic mass is 10.0. The first-order valence-electron chi connectivity index (χ1n) is 11.1. The van der Waals surface area contributed by atoms with Crippen molar-refractivity contribution < 1.29 is 5.11 Å². The molecule has 0 fully saturated rings. The maximum atomic E-state index is 8.93. The molecule has 0 aromatic carbocycles. The minimum atomic E-state index is 0.277. The fourth-order valence-corrected chi connectivity index (χ4v) is 3.68. The summed E-state index contributed by atoms with van der Waals surface area (Å²) in [5.74, 6) is 0. The van der Waals surface area contributed by atoms with Crippen LogP contribution in [0, 0.1) is 0 Å². The fraction of sp³-hybridized carbons (Fsp3) is 1.00. The molecule has 0 aliphatic rings. The molecule has 0 saturated carbocycles. The normalized spacial score (nSPS) is 12.6. The van der Waals surface area contributed by atoms with Gasteiger partial charge in [-0.05, 0) is 6.42 Å². The third-order valence-corrected chi connectivity index (χ3v) is 5.82. The second-order valence-corrected chi connectivity index (χ2v) is 8.87. The van der Waals surface area contributed by atoms with Crippen molar-refractivity contribution in [1.29, 1.82) is 0 Å². The van der Waals surface area contributed by atoms with Crippen molar-refractivity contribution in [3.63, 3.8) is 0 Å². The van der Waals surface area contributed by atoms with Crippen LogP contribution < -0.4 is 0 Å². The lowest BCUT2D eigenvalue weighted by Crippen LogP contribution is -2.02. The van der Waals surface area contributed by atoms with Gasteiger partial charge in [0.1, 0.15) is 0 Å². The summed E-state index contributed by atoms with van der Waals surface area (Å²) in [6.45, 7) is 2.57. The Hall–Kier alpha value is 0.440. The highest BCUT2D eigenvalue weighted by atomic mass is 79.9. The minimum Gasteiger partial charge on any atom is -0.395 e. The number of rotatable bonds is 20. The number of alkyl halides is 1. The van der Waals surface area contributed by atoms with Gasteiger partial charge in [-0.3, -0.25) is 0 Å². The average Bonchev–Trinajstić information content (AvgIpc) is 2.60. The van der Waals surface area contributed by atoms with E-state index in [1.165, 1.54) is 116 Å². The maximum absolute atomic E-state index is 8.93. The number of hydrogen-bond donors (Lipinski definition) is 1. The number of halogens is 1. The van der Waals surface area contributed by atoms with E-state index in [0.717, 1.165) is 6.42 Å². The molecule has 0 radical (unpaired) electrons. The van der Waals surface area contributed by atoms with Gasteiger partial charge in [0.05, 0.1) is 6.61 Å². The molecule has 0 amide bonds. The van der Waals surface area contributed by atoms with E-state index in [9.17, 15) is 0 Å². The molecule has 24 heavy (non-hydrogen) atoms. The summed E-state index contributed by atoms with van der Waals surface area (Å²) in [6, 6.07) is 0. The summed E-state index contributed by atoms with van der Waals surface area (Å²) >= 11 is 3.48. The molecule has 1 unspecified atom stereocenters. The highest BCUT2D eigenvalue weighted by Crippen LogP contribution is 2.15. The van der Waals surface area contributed by atoms with Crippen molar-refractivity contribution in [1.82, 2.24) is 0 Å². The average molecular weight is 406 g/mol. The summed E-state index contributed by atoms with van der Waals surface area (Å²) in [5, 5.41) is 8.93. The zero-order valence-electron chi connectivity index (χ0n) is 16.5. The summed E-state index contributed by atoms with van der Waals surface area (Å²) in [7, 11) is 0. The van der Waals surface area contributed by atoms with Crippen LogP contribution in [-0.2, 0) is 0 Å². The summed E-state index contributed by atoms with van der Waals surface area (Å²) in [6.07, 6.45) is 26.8. The SMILES string of the molecule is CCCCCCCCCCCCCCCCCCCCC(Br)CO. The van der Waals surface area contributed by atoms with Gasteiger partial charge in [0, 0.05) is 4.83 Å². The third-order valence-electron chi connectivity index (χ3n) is 5.07. The standard InChI is InChI=1S/C22H45BrO/c1-2-3-4-5-6-7-8-9-10-11-12-13-14-15-16-17-18-19-20-22(23)21-24/h22,24H,2-21H2,1H3. The fourth-order valence-electron chi connectivity index (χ4n) is 3.36. The molecule has 0 aromatic heterocycles. The van der Waals surface area contributed by atoms with Crippen LogP contribution in [0.3, 0.4) is 0 Å². The van der Waals surface area contributed by atoms with Crippen LogP contribution in [0.2, 0.25) is 0 Å². The Morgan fingerprint density at radius 2 is 0.833 bits per heavy atom. The van der Waals surface area contributed by atoms with Gasteiger partial charge in [-0.1, -0.05) is 138 Å². The van der Waals surface area contributed by atoms with Crippen molar-refractivity contribution in [3.05, 3.63) is 0 Å². The van der Waals surface area contributed by atoms with E-state index in [1.807, 2.05) is 0 Å². The molecule has 0 aliphatic heterocycles.